The van der Waals surface area contributed by atoms with E-state index in [9.17, 15) is 0 Å². The van der Waals surface area contributed by atoms with E-state index in [0.717, 1.165) is 27.9 Å². The van der Waals surface area contributed by atoms with Gasteiger partial charge in [0.15, 0.2) is 5.58 Å². The van der Waals surface area contributed by atoms with Gasteiger partial charge in [-0.05, 0) is 34.6 Å². The molecule has 0 amide bonds. The van der Waals surface area contributed by atoms with Crippen molar-refractivity contribution in [1.82, 2.24) is 0 Å². The van der Waals surface area contributed by atoms with E-state index < -0.39 is 0 Å². The zero-order valence-corrected chi connectivity index (χ0v) is 20.2. The average Bonchev–Trinajstić information content (AvgIpc) is 3.04. The normalized spacial score (nSPS) is 12.7. The molecule has 29 heavy (non-hydrogen) atoms. The Kier molecular flexibility index (Phi) is 4.93. The molecule has 3 heteroatoms. The molecule has 0 atom stereocenters. The molecule has 1 heterocycles. The summed E-state index contributed by atoms with van der Waals surface area (Å²) in [5, 5.41) is 2.35. The van der Waals surface area contributed by atoms with Crippen molar-refractivity contribution < 1.29 is 4.42 Å². The number of hydrogen-bond donors (Lipinski definition) is 0. The zero-order valence-electron chi connectivity index (χ0n) is 18.0. The second-order valence-corrected chi connectivity index (χ2v) is 10.7. The smallest absolute Gasteiger partial charge is 0.159 e. The second-order valence-electron chi connectivity index (χ2n) is 9.77. The molecule has 2 nitrogen and oxygen atoms in total. The topological polar surface area (TPSA) is 16.4 Å². The SMILES string of the molecule is CC(C)(C)c1ccc(N(I)c2cccc3c2oc2c(C(C)(C)C)cccc23)cc1. The Morgan fingerprint density at radius 3 is 1.86 bits per heavy atom. The molecule has 0 saturated heterocycles. The van der Waals surface area contributed by atoms with Gasteiger partial charge >= 0.3 is 0 Å². The Bertz CT molecular complexity index is 1170. The first kappa shape index (κ1) is 20.3. The van der Waals surface area contributed by atoms with Crippen LogP contribution in [-0.2, 0) is 10.8 Å². The fourth-order valence-corrected chi connectivity index (χ4v) is 4.48. The largest absolute Gasteiger partial charge is 0.454 e. The van der Waals surface area contributed by atoms with Gasteiger partial charge in [0.2, 0.25) is 0 Å². The second kappa shape index (κ2) is 7.05. The maximum atomic E-state index is 6.52. The predicted octanol–water partition coefficient (Wildman–Crippen LogP) is 8.67. The van der Waals surface area contributed by atoms with Gasteiger partial charge in [0.05, 0.1) is 34.2 Å². The molecular formula is C26H28INO. The van der Waals surface area contributed by atoms with Crippen LogP contribution in [0.25, 0.3) is 21.9 Å². The van der Waals surface area contributed by atoms with E-state index in [-0.39, 0.29) is 10.8 Å². The van der Waals surface area contributed by atoms with Crippen molar-refractivity contribution in [2.45, 2.75) is 52.4 Å². The lowest BCUT2D eigenvalue weighted by molar-refractivity contribution is 0.573. The predicted molar refractivity (Wildman–Crippen MR) is 134 cm³/mol. The lowest BCUT2D eigenvalue weighted by Crippen LogP contribution is -2.11. The summed E-state index contributed by atoms with van der Waals surface area (Å²) in [4.78, 5) is 0. The Morgan fingerprint density at radius 1 is 0.690 bits per heavy atom. The van der Waals surface area contributed by atoms with Crippen LogP contribution in [0.4, 0.5) is 11.4 Å². The molecule has 0 aliphatic carbocycles. The molecule has 150 valence electrons. The van der Waals surface area contributed by atoms with Crippen molar-refractivity contribution in [2.75, 3.05) is 3.11 Å². The monoisotopic (exact) mass is 497 g/mol. The fourth-order valence-electron chi connectivity index (χ4n) is 3.78. The van der Waals surface area contributed by atoms with Gasteiger partial charge in [-0.1, -0.05) is 84.0 Å². The molecule has 0 unspecified atom stereocenters. The Balaban J connectivity index is 1.86. The number of halogens is 1. The molecule has 1 aromatic heterocycles. The molecule has 0 N–H and O–H groups in total. The van der Waals surface area contributed by atoms with E-state index in [1.807, 2.05) is 0 Å². The molecule has 4 aromatic rings. The fraction of sp³-hybridized carbons (Fsp3) is 0.308. The summed E-state index contributed by atoms with van der Waals surface area (Å²) >= 11 is 2.38. The summed E-state index contributed by atoms with van der Waals surface area (Å²) < 4.78 is 8.70. The third-order valence-corrected chi connectivity index (χ3v) is 6.56. The first-order valence-electron chi connectivity index (χ1n) is 10.1. The summed E-state index contributed by atoms with van der Waals surface area (Å²) in [6.07, 6.45) is 0. The zero-order chi connectivity index (χ0) is 21.0. The molecule has 0 fully saturated rings. The van der Waals surface area contributed by atoms with Gasteiger partial charge in [0.1, 0.15) is 5.58 Å². The third kappa shape index (κ3) is 3.65. The van der Waals surface area contributed by atoms with Crippen LogP contribution in [0.15, 0.2) is 65.1 Å². The van der Waals surface area contributed by atoms with Crippen LogP contribution in [0, 0.1) is 0 Å². The number of para-hydroxylation sites is 2. The van der Waals surface area contributed by atoms with Crippen LogP contribution in [0.2, 0.25) is 0 Å². The number of hydrogen-bond acceptors (Lipinski definition) is 2. The van der Waals surface area contributed by atoms with Crippen molar-refractivity contribution in [3.63, 3.8) is 0 Å². The van der Waals surface area contributed by atoms with E-state index in [4.69, 9.17) is 4.42 Å². The van der Waals surface area contributed by atoms with E-state index >= 15 is 0 Å². The molecule has 0 aliphatic rings. The van der Waals surface area contributed by atoms with Gasteiger partial charge in [0, 0.05) is 16.3 Å². The summed E-state index contributed by atoms with van der Waals surface area (Å²) in [5.74, 6) is 0. The highest BCUT2D eigenvalue weighted by Crippen LogP contribution is 2.42. The van der Waals surface area contributed by atoms with Gasteiger partial charge in [-0.2, -0.15) is 0 Å². The minimum Gasteiger partial charge on any atom is -0.454 e. The van der Waals surface area contributed by atoms with Crippen LogP contribution in [-0.4, -0.2) is 0 Å². The summed E-state index contributed by atoms with van der Waals surface area (Å²) in [6, 6.07) is 21.7. The van der Waals surface area contributed by atoms with Crippen molar-refractivity contribution in [1.29, 1.82) is 0 Å². The summed E-state index contributed by atoms with van der Waals surface area (Å²) in [5.41, 5.74) is 6.90. The highest BCUT2D eigenvalue weighted by molar-refractivity contribution is 14.1. The number of rotatable bonds is 2. The quantitative estimate of drug-likeness (QED) is 0.204. The highest BCUT2D eigenvalue weighted by Gasteiger charge is 2.22. The van der Waals surface area contributed by atoms with Crippen LogP contribution >= 0.6 is 22.9 Å². The van der Waals surface area contributed by atoms with Crippen LogP contribution < -0.4 is 3.11 Å². The van der Waals surface area contributed by atoms with Crippen molar-refractivity contribution >= 4 is 56.2 Å². The van der Waals surface area contributed by atoms with Crippen molar-refractivity contribution in [2.24, 2.45) is 0 Å². The molecule has 0 saturated carbocycles. The Hall–Kier alpha value is -2.01. The minimum atomic E-state index is 0.0281. The van der Waals surface area contributed by atoms with Crippen LogP contribution in [0.5, 0.6) is 0 Å². The first-order valence-corrected chi connectivity index (χ1v) is 11.0. The van der Waals surface area contributed by atoms with Gasteiger partial charge in [0.25, 0.3) is 0 Å². The van der Waals surface area contributed by atoms with Crippen LogP contribution in [0.1, 0.15) is 52.7 Å². The molecule has 0 radical (unpaired) electrons. The minimum absolute atomic E-state index is 0.0281. The number of benzene rings is 3. The Labute approximate surface area is 187 Å². The molecule has 0 bridgehead atoms. The molecular weight excluding hydrogens is 469 g/mol. The maximum absolute atomic E-state index is 6.52. The average molecular weight is 497 g/mol. The maximum Gasteiger partial charge on any atom is 0.159 e. The molecule has 0 spiro atoms. The van der Waals surface area contributed by atoms with Crippen molar-refractivity contribution in [3.8, 4) is 0 Å². The standard InChI is InChI=1S/C26H28INO/c1-25(2,3)17-13-15-18(16-14-17)28(27)22-12-8-10-20-19-9-7-11-21(26(4,5)6)23(19)29-24(20)22/h7-16H,1-6H3. The molecule has 3 aromatic carbocycles. The van der Waals surface area contributed by atoms with E-state index in [1.54, 1.807) is 0 Å². The van der Waals surface area contributed by atoms with Crippen LogP contribution in [0.3, 0.4) is 0 Å². The number of anilines is 2. The van der Waals surface area contributed by atoms with E-state index in [0.29, 0.717) is 0 Å². The lowest BCUT2D eigenvalue weighted by atomic mass is 9.86. The van der Waals surface area contributed by atoms with E-state index in [1.165, 1.54) is 16.5 Å². The molecule has 0 aliphatic heterocycles. The number of furan rings is 1. The number of fused-ring (bicyclic) bond motifs is 3. The first-order chi connectivity index (χ1) is 13.6. The summed E-state index contributed by atoms with van der Waals surface area (Å²) in [7, 11) is 0. The summed E-state index contributed by atoms with van der Waals surface area (Å²) in [6.45, 7) is 13.4. The molecule has 4 rings (SSSR count). The number of nitrogens with zero attached hydrogens (tertiary/aromatic N) is 1. The third-order valence-electron chi connectivity index (χ3n) is 5.48. The van der Waals surface area contributed by atoms with Crippen molar-refractivity contribution in [3.05, 3.63) is 71.8 Å². The van der Waals surface area contributed by atoms with Gasteiger partial charge in [-0.25, -0.2) is 0 Å². The Morgan fingerprint density at radius 2 is 1.28 bits per heavy atom. The van der Waals surface area contributed by atoms with E-state index in [2.05, 4.69) is 128 Å². The van der Waals surface area contributed by atoms with Gasteiger partial charge in [-0.15, -0.1) is 0 Å². The highest BCUT2D eigenvalue weighted by atomic mass is 127. The van der Waals surface area contributed by atoms with Gasteiger partial charge < -0.3 is 4.42 Å². The lowest BCUT2D eigenvalue weighted by Gasteiger charge is -2.21. The van der Waals surface area contributed by atoms with Gasteiger partial charge in [-0.3, -0.25) is 3.11 Å².